The molecular formula is C11H17N5O2. The Morgan fingerprint density at radius 2 is 2.11 bits per heavy atom. The monoisotopic (exact) mass is 251 g/mol. The Hall–Kier alpha value is -2.05. The Kier molecular flexibility index (Phi) is 3.50. The van der Waals surface area contributed by atoms with E-state index in [1.54, 1.807) is 6.07 Å². The molecule has 18 heavy (non-hydrogen) atoms. The maximum absolute atomic E-state index is 11.0. The SMILES string of the molecule is CC(=O)Nc1cc(N2CCCCC2)nc(=N)n1O. The van der Waals surface area contributed by atoms with Crippen molar-refractivity contribution in [2.75, 3.05) is 23.3 Å². The van der Waals surface area contributed by atoms with Crippen LogP contribution in [0.25, 0.3) is 0 Å². The number of piperidine rings is 1. The van der Waals surface area contributed by atoms with E-state index < -0.39 is 0 Å². The number of hydrogen-bond acceptors (Lipinski definition) is 5. The van der Waals surface area contributed by atoms with E-state index in [9.17, 15) is 10.0 Å². The number of nitrogens with zero attached hydrogens (tertiary/aromatic N) is 3. The fourth-order valence-corrected chi connectivity index (χ4v) is 2.04. The molecule has 1 aromatic heterocycles. The quantitative estimate of drug-likeness (QED) is 0.669. The first-order valence-corrected chi connectivity index (χ1v) is 5.98. The van der Waals surface area contributed by atoms with Gasteiger partial charge in [0.15, 0.2) is 5.82 Å². The molecule has 1 aliphatic rings. The molecule has 0 radical (unpaired) electrons. The zero-order valence-electron chi connectivity index (χ0n) is 10.3. The molecule has 0 atom stereocenters. The van der Waals surface area contributed by atoms with Crippen molar-refractivity contribution in [3.05, 3.63) is 11.7 Å². The molecule has 2 heterocycles. The van der Waals surface area contributed by atoms with Crippen molar-refractivity contribution in [2.45, 2.75) is 26.2 Å². The average molecular weight is 251 g/mol. The molecule has 0 saturated carbocycles. The minimum atomic E-state index is -0.298. The number of aromatic nitrogens is 2. The summed E-state index contributed by atoms with van der Waals surface area (Å²) in [6.07, 6.45) is 3.40. The second-order valence-corrected chi connectivity index (χ2v) is 4.36. The lowest BCUT2D eigenvalue weighted by atomic mass is 10.1. The van der Waals surface area contributed by atoms with Crippen molar-refractivity contribution in [3.8, 4) is 0 Å². The van der Waals surface area contributed by atoms with Crippen LogP contribution in [0.1, 0.15) is 26.2 Å². The van der Waals surface area contributed by atoms with E-state index in [4.69, 9.17) is 5.41 Å². The third-order valence-corrected chi connectivity index (χ3v) is 2.90. The van der Waals surface area contributed by atoms with Gasteiger partial charge in [0.1, 0.15) is 5.82 Å². The summed E-state index contributed by atoms with van der Waals surface area (Å²) < 4.78 is 0.564. The van der Waals surface area contributed by atoms with E-state index in [0.717, 1.165) is 25.9 Å². The van der Waals surface area contributed by atoms with Gasteiger partial charge >= 0.3 is 0 Å². The Labute approximate surface area is 105 Å². The van der Waals surface area contributed by atoms with Crippen LogP contribution in [0.5, 0.6) is 0 Å². The van der Waals surface area contributed by atoms with Crippen LogP contribution >= 0.6 is 0 Å². The molecule has 1 saturated heterocycles. The number of hydrogen-bond donors (Lipinski definition) is 3. The maximum atomic E-state index is 11.0. The predicted octanol–water partition coefficient (Wildman–Crippen LogP) is 0.549. The fraction of sp³-hybridized carbons (Fsp3) is 0.545. The van der Waals surface area contributed by atoms with E-state index >= 15 is 0 Å². The summed E-state index contributed by atoms with van der Waals surface area (Å²) in [5.41, 5.74) is -0.290. The Balaban J connectivity index is 2.33. The maximum Gasteiger partial charge on any atom is 0.259 e. The molecule has 7 nitrogen and oxygen atoms in total. The molecule has 98 valence electrons. The minimum absolute atomic E-state index is 0.170. The Morgan fingerprint density at radius 1 is 1.44 bits per heavy atom. The predicted molar refractivity (Wildman–Crippen MR) is 65.6 cm³/mol. The highest BCUT2D eigenvalue weighted by Gasteiger charge is 2.15. The molecule has 0 aromatic carbocycles. The smallest absolute Gasteiger partial charge is 0.259 e. The summed E-state index contributed by atoms with van der Waals surface area (Å²) in [4.78, 5) is 17.1. The molecule has 0 bridgehead atoms. The molecule has 0 unspecified atom stereocenters. The van der Waals surface area contributed by atoms with Gasteiger partial charge in [-0.2, -0.15) is 4.98 Å². The number of rotatable bonds is 2. The standard InChI is InChI=1S/C11H17N5O2/c1-8(17)13-10-7-9(14-11(12)16(10)18)15-5-3-2-4-6-15/h7,12,18H,2-6H2,1H3,(H,13,17). The highest BCUT2D eigenvalue weighted by molar-refractivity contribution is 5.87. The van der Waals surface area contributed by atoms with Crippen LogP contribution < -0.4 is 15.8 Å². The molecule has 3 N–H and O–H groups in total. The third kappa shape index (κ3) is 2.61. The highest BCUT2D eigenvalue weighted by atomic mass is 16.5. The van der Waals surface area contributed by atoms with Crippen LogP contribution in [0, 0.1) is 5.41 Å². The van der Waals surface area contributed by atoms with Crippen LogP contribution in [-0.2, 0) is 4.79 Å². The molecular weight excluding hydrogens is 234 g/mol. The first-order valence-electron chi connectivity index (χ1n) is 5.98. The molecule has 1 aromatic rings. The largest absolute Gasteiger partial charge is 0.423 e. The molecule has 0 spiro atoms. The second kappa shape index (κ2) is 5.07. The number of carbonyl (C=O) groups excluding carboxylic acids is 1. The van der Waals surface area contributed by atoms with Crippen molar-refractivity contribution in [1.29, 1.82) is 5.41 Å². The van der Waals surface area contributed by atoms with Gasteiger partial charge in [0, 0.05) is 26.1 Å². The van der Waals surface area contributed by atoms with Gasteiger partial charge in [-0.25, -0.2) is 0 Å². The van der Waals surface area contributed by atoms with Gasteiger partial charge < -0.3 is 15.4 Å². The highest BCUT2D eigenvalue weighted by Crippen LogP contribution is 2.18. The van der Waals surface area contributed by atoms with Gasteiger partial charge in [0.2, 0.25) is 5.91 Å². The van der Waals surface area contributed by atoms with Crippen LogP contribution in [-0.4, -0.2) is 33.9 Å². The summed E-state index contributed by atoms with van der Waals surface area (Å²) in [5.74, 6) is 0.491. The second-order valence-electron chi connectivity index (χ2n) is 4.36. The van der Waals surface area contributed by atoms with E-state index in [-0.39, 0.29) is 17.3 Å². The molecule has 1 fully saturated rings. The summed E-state index contributed by atoms with van der Waals surface area (Å²) >= 11 is 0. The lowest BCUT2D eigenvalue weighted by Gasteiger charge is -2.28. The molecule has 7 heteroatoms. The van der Waals surface area contributed by atoms with Gasteiger partial charge in [0.25, 0.3) is 5.62 Å². The van der Waals surface area contributed by atoms with Crippen LogP contribution in [0.2, 0.25) is 0 Å². The van der Waals surface area contributed by atoms with Crippen molar-refractivity contribution < 1.29 is 10.0 Å². The minimum Gasteiger partial charge on any atom is -0.423 e. The molecule has 2 rings (SSSR count). The summed E-state index contributed by atoms with van der Waals surface area (Å²) in [5, 5.41) is 19.7. The van der Waals surface area contributed by atoms with Crippen molar-refractivity contribution in [1.82, 2.24) is 9.71 Å². The van der Waals surface area contributed by atoms with Gasteiger partial charge in [-0.05, 0) is 19.3 Å². The summed E-state index contributed by atoms with van der Waals surface area (Å²) in [6.45, 7) is 3.13. The van der Waals surface area contributed by atoms with Crippen molar-refractivity contribution >= 4 is 17.5 Å². The third-order valence-electron chi connectivity index (χ3n) is 2.90. The molecule has 1 amide bonds. The molecule has 1 aliphatic heterocycles. The van der Waals surface area contributed by atoms with Crippen molar-refractivity contribution in [3.63, 3.8) is 0 Å². The zero-order chi connectivity index (χ0) is 13.1. The fourth-order valence-electron chi connectivity index (χ4n) is 2.04. The average Bonchev–Trinajstić information content (AvgIpc) is 2.35. The van der Waals surface area contributed by atoms with Gasteiger partial charge in [-0.15, -0.1) is 4.73 Å². The topological polar surface area (TPSA) is 94.2 Å². The van der Waals surface area contributed by atoms with E-state index in [0.29, 0.717) is 10.5 Å². The Bertz CT molecular complexity index is 505. The van der Waals surface area contributed by atoms with Gasteiger partial charge in [-0.1, -0.05) is 0 Å². The zero-order valence-corrected chi connectivity index (χ0v) is 10.3. The van der Waals surface area contributed by atoms with E-state index in [1.807, 2.05) is 0 Å². The number of nitrogens with one attached hydrogen (secondary N) is 2. The molecule has 0 aliphatic carbocycles. The number of anilines is 2. The lowest BCUT2D eigenvalue weighted by molar-refractivity contribution is -0.114. The van der Waals surface area contributed by atoms with Gasteiger partial charge in [-0.3, -0.25) is 10.2 Å². The summed E-state index contributed by atoms with van der Waals surface area (Å²) in [7, 11) is 0. The number of carbonyl (C=O) groups is 1. The first-order chi connectivity index (χ1) is 8.58. The normalized spacial score (nSPS) is 15.5. The van der Waals surface area contributed by atoms with Crippen LogP contribution in [0.3, 0.4) is 0 Å². The van der Waals surface area contributed by atoms with E-state index in [2.05, 4.69) is 15.2 Å². The van der Waals surface area contributed by atoms with Crippen molar-refractivity contribution in [2.24, 2.45) is 0 Å². The van der Waals surface area contributed by atoms with Crippen LogP contribution in [0.15, 0.2) is 6.07 Å². The summed E-state index contributed by atoms with van der Waals surface area (Å²) in [6, 6.07) is 1.59. The lowest BCUT2D eigenvalue weighted by Crippen LogP contribution is -2.34. The first kappa shape index (κ1) is 12.4. The van der Waals surface area contributed by atoms with E-state index in [1.165, 1.54) is 13.3 Å². The van der Waals surface area contributed by atoms with Gasteiger partial charge in [0.05, 0.1) is 0 Å². The van der Waals surface area contributed by atoms with Crippen LogP contribution in [0.4, 0.5) is 11.6 Å². The number of amides is 1. The Morgan fingerprint density at radius 3 is 2.72 bits per heavy atom.